The van der Waals surface area contributed by atoms with E-state index in [0.717, 1.165) is 37.1 Å². The molecule has 1 unspecified atom stereocenters. The van der Waals surface area contributed by atoms with Crippen molar-refractivity contribution in [3.8, 4) is 0 Å². The van der Waals surface area contributed by atoms with Gasteiger partial charge in [0.05, 0.1) is 18.2 Å². The standard InChI is InChI=1S/C27H32ClN3O2/c1-3-4-14-25-29-26(32)23(18-31(25)19(2)22-12-8-9-13-24(22)28)27(33)30-16-15-21(17-30)20-10-6-5-7-11-20/h5-13,19,21,32H,3-4,14-18H2,1-2H3/t19?,21-/m0/s1. The third-order valence-electron chi connectivity index (χ3n) is 6.75. The average molecular weight is 466 g/mol. The second kappa shape index (κ2) is 10.4. The number of hydrogen-bond donors (Lipinski definition) is 1. The molecule has 0 spiro atoms. The molecule has 1 N–H and O–H groups in total. The van der Waals surface area contributed by atoms with Crippen molar-refractivity contribution in [2.45, 2.75) is 51.5 Å². The number of aliphatic hydroxyl groups excluding tert-OH is 1. The van der Waals surface area contributed by atoms with E-state index >= 15 is 0 Å². The van der Waals surface area contributed by atoms with E-state index in [4.69, 9.17) is 11.6 Å². The number of carbonyl (C=O) groups is 1. The van der Waals surface area contributed by atoms with Crippen molar-refractivity contribution < 1.29 is 9.90 Å². The first kappa shape index (κ1) is 23.4. The minimum Gasteiger partial charge on any atom is -0.493 e. The maximum Gasteiger partial charge on any atom is 0.257 e. The van der Waals surface area contributed by atoms with Gasteiger partial charge in [0.15, 0.2) is 0 Å². The van der Waals surface area contributed by atoms with Crippen molar-refractivity contribution in [2.24, 2.45) is 4.99 Å². The molecule has 6 heteroatoms. The Balaban J connectivity index is 1.57. The first-order valence-electron chi connectivity index (χ1n) is 11.8. The van der Waals surface area contributed by atoms with Gasteiger partial charge in [-0.05, 0) is 37.0 Å². The molecule has 0 aromatic heterocycles. The van der Waals surface area contributed by atoms with E-state index in [-0.39, 0.29) is 17.8 Å². The van der Waals surface area contributed by atoms with Crippen LogP contribution in [-0.2, 0) is 4.79 Å². The van der Waals surface area contributed by atoms with Crippen LogP contribution in [0, 0.1) is 0 Å². The first-order valence-corrected chi connectivity index (χ1v) is 12.2. The summed E-state index contributed by atoms with van der Waals surface area (Å²) in [6, 6.07) is 18.0. The number of unbranched alkanes of at least 4 members (excludes halogenated alkanes) is 1. The van der Waals surface area contributed by atoms with Crippen molar-refractivity contribution in [3.05, 3.63) is 82.2 Å². The van der Waals surface area contributed by atoms with E-state index < -0.39 is 0 Å². The lowest BCUT2D eigenvalue weighted by molar-refractivity contribution is -0.126. The molecule has 0 radical (unpaired) electrons. The highest BCUT2D eigenvalue weighted by molar-refractivity contribution is 6.31. The van der Waals surface area contributed by atoms with Crippen LogP contribution in [0.4, 0.5) is 0 Å². The Morgan fingerprint density at radius 2 is 1.91 bits per heavy atom. The molecule has 2 aliphatic rings. The Kier molecular flexibility index (Phi) is 7.39. The van der Waals surface area contributed by atoms with Crippen LogP contribution in [0.15, 0.2) is 71.0 Å². The van der Waals surface area contributed by atoms with E-state index in [1.54, 1.807) is 0 Å². The maximum absolute atomic E-state index is 13.5. The second-order valence-corrected chi connectivity index (χ2v) is 9.31. The Hall–Kier alpha value is -2.79. The predicted octanol–water partition coefficient (Wildman–Crippen LogP) is 6.09. The number of rotatable bonds is 7. The van der Waals surface area contributed by atoms with Crippen molar-refractivity contribution >= 4 is 23.3 Å². The minimum atomic E-state index is -0.142. The molecule has 0 saturated carbocycles. The summed E-state index contributed by atoms with van der Waals surface area (Å²) < 4.78 is 0. The molecule has 2 aromatic carbocycles. The number of benzene rings is 2. The van der Waals surface area contributed by atoms with Crippen LogP contribution in [0.2, 0.25) is 5.02 Å². The van der Waals surface area contributed by atoms with Crippen LogP contribution in [0.1, 0.15) is 62.6 Å². The van der Waals surface area contributed by atoms with Crippen molar-refractivity contribution in [3.63, 3.8) is 0 Å². The summed E-state index contributed by atoms with van der Waals surface area (Å²) in [6.45, 7) is 5.88. The number of amides is 1. The third kappa shape index (κ3) is 5.09. The van der Waals surface area contributed by atoms with E-state index in [1.165, 1.54) is 5.56 Å². The zero-order valence-electron chi connectivity index (χ0n) is 19.4. The molecule has 4 rings (SSSR count). The molecule has 5 nitrogen and oxygen atoms in total. The van der Waals surface area contributed by atoms with E-state index in [0.29, 0.717) is 36.1 Å². The molecule has 2 aliphatic heterocycles. The molecule has 2 heterocycles. The molecule has 1 fully saturated rings. The highest BCUT2D eigenvalue weighted by Gasteiger charge is 2.35. The molecule has 1 saturated heterocycles. The predicted molar refractivity (Wildman–Crippen MR) is 134 cm³/mol. The second-order valence-electron chi connectivity index (χ2n) is 8.91. The van der Waals surface area contributed by atoms with Gasteiger partial charge in [-0.15, -0.1) is 0 Å². The van der Waals surface area contributed by atoms with Gasteiger partial charge in [0.2, 0.25) is 5.88 Å². The van der Waals surface area contributed by atoms with Gasteiger partial charge in [0.25, 0.3) is 5.91 Å². The summed E-state index contributed by atoms with van der Waals surface area (Å²) in [7, 11) is 0. The van der Waals surface area contributed by atoms with Crippen LogP contribution >= 0.6 is 11.6 Å². The topological polar surface area (TPSA) is 56.1 Å². The normalized spacial score (nSPS) is 19.6. The Bertz CT molecular complexity index is 1050. The summed E-state index contributed by atoms with van der Waals surface area (Å²) in [6.07, 6.45) is 3.66. The molecule has 2 aromatic rings. The van der Waals surface area contributed by atoms with E-state index in [9.17, 15) is 9.90 Å². The molecular weight excluding hydrogens is 434 g/mol. The Labute approximate surface area is 201 Å². The quantitative estimate of drug-likeness (QED) is 0.538. The van der Waals surface area contributed by atoms with Crippen LogP contribution in [0.25, 0.3) is 0 Å². The molecular formula is C27H32ClN3O2. The lowest BCUT2D eigenvalue weighted by Gasteiger charge is -2.36. The molecule has 0 aliphatic carbocycles. The van der Waals surface area contributed by atoms with Crippen LogP contribution < -0.4 is 0 Å². The SMILES string of the molecule is CCCCC1=NC(O)=C(C(=O)N2CC[C@H](c3ccccc3)C2)CN1C(C)c1ccccc1Cl. The zero-order valence-corrected chi connectivity index (χ0v) is 20.1. The van der Waals surface area contributed by atoms with Crippen molar-refractivity contribution in [1.29, 1.82) is 0 Å². The number of aliphatic hydroxyl groups is 1. The average Bonchev–Trinajstić information content (AvgIpc) is 3.33. The van der Waals surface area contributed by atoms with Gasteiger partial charge < -0.3 is 14.9 Å². The van der Waals surface area contributed by atoms with E-state index in [2.05, 4.69) is 35.9 Å². The summed E-state index contributed by atoms with van der Waals surface area (Å²) in [5.41, 5.74) is 2.60. The number of amidine groups is 1. The van der Waals surface area contributed by atoms with Gasteiger partial charge in [0, 0.05) is 30.5 Å². The largest absolute Gasteiger partial charge is 0.493 e. The fraction of sp³-hybridized carbons (Fsp3) is 0.407. The van der Waals surface area contributed by atoms with E-state index in [1.807, 2.05) is 47.4 Å². The Morgan fingerprint density at radius 1 is 1.18 bits per heavy atom. The number of aliphatic imine (C=N–C) groups is 1. The molecule has 2 atom stereocenters. The molecule has 174 valence electrons. The minimum absolute atomic E-state index is 0.0687. The zero-order chi connectivity index (χ0) is 23.4. The lowest BCUT2D eigenvalue weighted by Crippen LogP contribution is -2.42. The highest BCUT2D eigenvalue weighted by Crippen LogP contribution is 2.33. The van der Waals surface area contributed by atoms with Gasteiger partial charge in [-0.25, -0.2) is 4.99 Å². The van der Waals surface area contributed by atoms with Gasteiger partial charge in [-0.2, -0.15) is 0 Å². The van der Waals surface area contributed by atoms with Gasteiger partial charge in [-0.3, -0.25) is 4.79 Å². The number of likely N-dealkylation sites (tertiary alicyclic amines) is 1. The van der Waals surface area contributed by atoms with Crippen LogP contribution in [-0.4, -0.2) is 46.3 Å². The summed E-state index contributed by atoms with van der Waals surface area (Å²) in [4.78, 5) is 22.0. The third-order valence-corrected chi connectivity index (χ3v) is 7.09. The highest BCUT2D eigenvalue weighted by atomic mass is 35.5. The van der Waals surface area contributed by atoms with Crippen LogP contribution in [0.3, 0.4) is 0 Å². The fourth-order valence-corrected chi connectivity index (χ4v) is 5.05. The summed E-state index contributed by atoms with van der Waals surface area (Å²) in [5.74, 6) is 0.864. The molecule has 1 amide bonds. The Morgan fingerprint density at radius 3 is 2.64 bits per heavy atom. The monoisotopic (exact) mass is 465 g/mol. The number of carbonyl (C=O) groups excluding carboxylic acids is 1. The number of halogens is 1. The summed E-state index contributed by atoms with van der Waals surface area (Å²) in [5, 5.41) is 11.5. The van der Waals surface area contributed by atoms with Gasteiger partial charge in [-0.1, -0.05) is 73.5 Å². The maximum atomic E-state index is 13.5. The molecule has 33 heavy (non-hydrogen) atoms. The first-order chi connectivity index (χ1) is 16.0. The van der Waals surface area contributed by atoms with Gasteiger partial charge >= 0.3 is 0 Å². The van der Waals surface area contributed by atoms with Crippen molar-refractivity contribution in [2.75, 3.05) is 19.6 Å². The van der Waals surface area contributed by atoms with Crippen molar-refractivity contribution in [1.82, 2.24) is 9.80 Å². The smallest absolute Gasteiger partial charge is 0.257 e. The molecule has 0 bridgehead atoms. The fourth-order valence-electron chi connectivity index (χ4n) is 4.76. The lowest BCUT2D eigenvalue weighted by atomic mass is 9.99. The van der Waals surface area contributed by atoms with Crippen LogP contribution in [0.5, 0.6) is 0 Å². The van der Waals surface area contributed by atoms with Gasteiger partial charge in [0.1, 0.15) is 5.84 Å². The number of nitrogens with zero attached hydrogens (tertiary/aromatic N) is 3. The summed E-state index contributed by atoms with van der Waals surface area (Å²) >= 11 is 6.49. The number of hydrogen-bond acceptors (Lipinski definition) is 4.